The minimum absolute atomic E-state index is 0.696. The second kappa shape index (κ2) is 2.57. The van der Waals surface area contributed by atoms with Gasteiger partial charge in [-0.1, -0.05) is 0 Å². The summed E-state index contributed by atoms with van der Waals surface area (Å²) in [5.74, 6) is 0.696. The predicted octanol–water partition coefficient (Wildman–Crippen LogP) is 1.02. The number of aromatic nitrogens is 2. The van der Waals surface area contributed by atoms with Gasteiger partial charge in [-0.05, 0) is 17.7 Å². The number of hydrogen-bond acceptors (Lipinski definition) is 2. The summed E-state index contributed by atoms with van der Waals surface area (Å²) in [5.41, 5.74) is 2.45. The van der Waals surface area contributed by atoms with Gasteiger partial charge < -0.3 is 9.72 Å². The molecule has 1 aliphatic rings. The van der Waals surface area contributed by atoms with Crippen molar-refractivity contribution in [3.8, 4) is 0 Å². The van der Waals surface area contributed by atoms with Crippen LogP contribution < -0.4 is 5.32 Å². The molecule has 0 atom stereocenters. The first-order valence-corrected chi connectivity index (χ1v) is 4.57. The van der Waals surface area contributed by atoms with Crippen LogP contribution >= 0.6 is 0 Å². The van der Waals surface area contributed by atoms with Crippen molar-refractivity contribution in [1.29, 1.82) is 0 Å². The summed E-state index contributed by atoms with van der Waals surface area (Å²) >= 11 is 0. The van der Waals surface area contributed by atoms with Crippen LogP contribution in [0.3, 0.4) is 0 Å². The first-order valence-electron chi connectivity index (χ1n) is 4.57. The Labute approximate surface area is 76.4 Å². The van der Waals surface area contributed by atoms with E-state index >= 15 is 0 Å². The Morgan fingerprint density at radius 3 is 3.08 bits per heavy atom. The van der Waals surface area contributed by atoms with Crippen LogP contribution in [0.4, 0.5) is 0 Å². The molecule has 3 nitrogen and oxygen atoms in total. The normalized spacial score (nSPS) is 17.5. The summed E-state index contributed by atoms with van der Waals surface area (Å²) in [6.45, 7) is 2.22. The zero-order chi connectivity index (χ0) is 8.67. The Hall–Kier alpha value is -1.35. The van der Waals surface area contributed by atoms with Crippen molar-refractivity contribution in [3.05, 3.63) is 36.3 Å². The van der Waals surface area contributed by atoms with Crippen LogP contribution in [0, 0.1) is 0 Å². The second-order valence-corrected chi connectivity index (χ2v) is 3.51. The van der Waals surface area contributed by atoms with E-state index in [1.54, 1.807) is 0 Å². The lowest BCUT2D eigenvalue weighted by molar-refractivity contribution is 0.448. The molecule has 0 aliphatic carbocycles. The molecule has 1 saturated heterocycles. The Balaban J connectivity index is 2.09. The predicted molar refractivity (Wildman–Crippen MR) is 50.8 cm³/mol. The van der Waals surface area contributed by atoms with E-state index < -0.39 is 0 Å². The van der Waals surface area contributed by atoms with Crippen molar-refractivity contribution >= 4 is 5.65 Å². The number of nitrogens with one attached hydrogen (secondary N) is 1. The van der Waals surface area contributed by atoms with Crippen molar-refractivity contribution in [2.45, 2.75) is 5.92 Å². The summed E-state index contributed by atoms with van der Waals surface area (Å²) in [7, 11) is 0. The zero-order valence-electron chi connectivity index (χ0n) is 7.27. The summed E-state index contributed by atoms with van der Waals surface area (Å²) in [6, 6.07) is 4.35. The van der Waals surface area contributed by atoms with E-state index in [1.165, 1.54) is 5.56 Å². The molecule has 0 bridgehead atoms. The van der Waals surface area contributed by atoms with Crippen molar-refractivity contribution in [2.75, 3.05) is 13.1 Å². The minimum Gasteiger partial charge on any atom is -0.315 e. The average Bonchev–Trinajstić information content (AvgIpc) is 2.47. The Kier molecular flexibility index (Phi) is 1.40. The van der Waals surface area contributed by atoms with Gasteiger partial charge in [0.1, 0.15) is 5.65 Å². The smallest absolute Gasteiger partial charge is 0.136 e. The highest BCUT2D eigenvalue weighted by molar-refractivity contribution is 5.42. The van der Waals surface area contributed by atoms with Crippen LogP contribution in [0.2, 0.25) is 0 Å². The van der Waals surface area contributed by atoms with Crippen LogP contribution in [-0.2, 0) is 0 Å². The molecule has 2 aromatic heterocycles. The van der Waals surface area contributed by atoms with Crippen molar-refractivity contribution in [3.63, 3.8) is 0 Å². The summed E-state index contributed by atoms with van der Waals surface area (Å²) in [4.78, 5) is 4.26. The zero-order valence-corrected chi connectivity index (χ0v) is 7.27. The lowest BCUT2D eigenvalue weighted by Gasteiger charge is -2.27. The molecule has 0 spiro atoms. The van der Waals surface area contributed by atoms with E-state index in [0.29, 0.717) is 5.92 Å². The Morgan fingerprint density at radius 1 is 1.38 bits per heavy atom. The molecule has 3 rings (SSSR count). The van der Waals surface area contributed by atoms with Gasteiger partial charge in [0.25, 0.3) is 0 Å². The van der Waals surface area contributed by atoms with E-state index in [9.17, 15) is 0 Å². The van der Waals surface area contributed by atoms with E-state index in [1.807, 2.05) is 16.8 Å². The molecule has 0 saturated carbocycles. The van der Waals surface area contributed by atoms with Gasteiger partial charge in [-0.3, -0.25) is 0 Å². The third kappa shape index (κ3) is 1.04. The van der Waals surface area contributed by atoms with Gasteiger partial charge in [0.2, 0.25) is 0 Å². The Bertz CT molecular complexity index is 428. The van der Waals surface area contributed by atoms with Gasteiger partial charge in [0.15, 0.2) is 0 Å². The van der Waals surface area contributed by atoms with Crippen molar-refractivity contribution in [1.82, 2.24) is 14.7 Å². The molecule has 1 aliphatic heterocycles. The number of imidazole rings is 1. The minimum atomic E-state index is 0.696. The van der Waals surface area contributed by atoms with Crippen LogP contribution in [0.15, 0.2) is 30.7 Å². The topological polar surface area (TPSA) is 29.3 Å². The maximum atomic E-state index is 4.26. The van der Waals surface area contributed by atoms with Crippen molar-refractivity contribution in [2.24, 2.45) is 0 Å². The highest BCUT2D eigenvalue weighted by atomic mass is 15.0. The highest BCUT2D eigenvalue weighted by Gasteiger charge is 2.18. The largest absolute Gasteiger partial charge is 0.315 e. The van der Waals surface area contributed by atoms with Crippen molar-refractivity contribution < 1.29 is 0 Å². The number of fused-ring (bicyclic) bond motifs is 1. The van der Waals surface area contributed by atoms with Gasteiger partial charge in [-0.15, -0.1) is 0 Å². The summed E-state index contributed by atoms with van der Waals surface area (Å²) in [5, 5.41) is 3.27. The second-order valence-electron chi connectivity index (χ2n) is 3.51. The first-order chi connectivity index (χ1) is 6.43. The van der Waals surface area contributed by atoms with E-state index in [-0.39, 0.29) is 0 Å². The van der Waals surface area contributed by atoms with Gasteiger partial charge >= 0.3 is 0 Å². The van der Waals surface area contributed by atoms with Crippen LogP contribution in [-0.4, -0.2) is 22.5 Å². The van der Waals surface area contributed by atoms with Crippen LogP contribution in [0.25, 0.3) is 5.65 Å². The Morgan fingerprint density at radius 2 is 2.31 bits per heavy atom. The fourth-order valence-electron chi connectivity index (χ4n) is 1.70. The maximum Gasteiger partial charge on any atom is 0.136 e. The SMILES string of the molecule is c1cn2ccc(C3CNC3)cc2n1. The molecule has 3 heterocycles. The quantitative estimate of drug-likeness (QED) is 0.697. The fourth-order valence-corrected chi connectivity index (χ4v) is 1.70. The lowest BCUT2D eigenvalue weighted by atomic mass is 9.95. The number of nitrogens with zero attached hydrogens (tertiary/aromatic N) is 2. The third-order valence-electron chi connectivity index (χ3n) is 2.67. The molecule has 0 aromatic carbocycles. The number of hydrogen-bond donors (Lipinski definition) is 1. The van der Waals surface area contributed by atoms with Gasteiger partial charge in [0.05, 0.1) is 0 Å². The maximum absolute atomic E-state index is 4.26. The molecule has 3 heteroatoms. The van der Waals surface area contributed by atoms with Crippen LogP contribution in [0.5, 0.6) is 0 Å². The van der Waals surface area contributed by atoms with Gasteiger partial charge in [-0.25, -0.2) is 4.98 Å². The molecule has 13 heavy (non-hydrogen) atoms. The first kappa shape index (κ1) is 7.09. The molecule has 0 amide bonds. The average molecular weight is 173 g/mol. The molecule has 0 unspecified atom stereocenters. The van der Waals surface area contributed by atoms with Gasteiger partial charge in [-0.2, -0.15) is 0 Å². The van der Waals surface area contributed by atoms with Gasteiger partial charge in [0, 0.05) is 37.6 Å². The van der Waals surface area contributed by atoms with Crippen LogP contribution in [0.1, 0.15) is 11.5 Å². The standard InChI is InChI=1S/C10H11N3/c1-3-13-4-2-12-10(13)5-8(1)9-6-11-7-9/h1-5,9,11H,6-7H2. The molecular weight excluding hydrogens is 162 g/mol. The highest BCUT2D eigenvalue weighted by Crippen LogP contribution is 2.20. The number of rotatable bonds is 1. The molecule has 0 radical (unpaired) electrons. The lowest BCUT2D eigenvalue weighted by Crippen LogP contribution is -2.39. The fraction of sp³-hybridized carbons (Fsp3) is 0.300. The van der Waals surface area contributed by atoms with E-state index in [0.717, 1.165) is 18.7 Å². The van der Waals surface area contributed by atoms with E-state index in [4.69, 9.17) is 0 Å². The summed E-state index contributed by atoms with van der Waals surface area (Å²) in [6.07, 6.45) is 5.88. The molecule has 66 valence electrons. The third-order valence-corrected chi connectivity index (χ3v) is 2.67. The molecule has 1 fully saturated rings. The summed E-state index contributed by atoms with van der Waals surface area (Å²) < 4.78 is 2.04. The molecule has 1 N–H and O–H groups in total. The molecular formula is C10H11N3. The molecule has 2 aromatic rings. The number of pyridine rings is 1. The van der Waals surface area contributed by atoms with E-state index in [2.05, 4.69) is 28.6 Å². The monoisotopic (exact) mass is 173 g/mol.